The first-order chi connectivity index (χ1) is 7.72. The van der Waals surface area contributed by atoms with Crippen molar-refractivity contribution in [2.24, 2.45) is 16.5 Å². The van der Waals surface area contributed by atoms with Crippen LogP contribution in [-0.2, 0) is 0 Å². The van der Waals surface area contributed by atoms with E-state index in [1.54, 1.807) is 7.11 Å². The van der Waals surface area contributed by atoms with Crippen LogP contribution in [0.4, 0.5) is 0 Å². The van der Waals surface area contributed by atoms with Crippen LogP contribution in [0.3, 0.4) is 0 Å². The molecule has 5 nitrogen and oxygen atoms in total. The Morgan fingerprint density at radius 2 is 2.06 bits per heavy atom. The van der Waals surface area contributed by atoms with Crippen LogP contribution in [-0.4, -0.2) is 26.2 Å². The monoisotopic (exact) mass is 223 g/mol. The van der Waals surface area contributed by atoms with Crippen LogP contribution >= 0.6 is 0 Å². The minimum Gasteiger partial charge on any atom is -0.497 e. The highest BCUT2D eigenvalue weighted by Gasteiger charge is 1.96. The summed E-state index contributed by atoms with van der Waals surface area (Å²) < 4.78 is 10.6. The number of methoxy groups -OCH3 is 1. The Morgan fingerprint density at radius 1 is 1.31 bits per heavy atom. The molecule has 0 unspecified atom stereocenters. The lowest BCUT2D eigenvalue weighted by atomic mass is 10.3. The van der Waals surface area contributed by atoms with Crippen LogP contribution in [0.1, 0.15) is 6.42 Å². The Morgan fingerprint density at radius 3 is 2.75 bits per heavy atom. The molecule has 0 amide bonds. The van der Waals surface area contributed by atoms with Crippen LogP contribution in [0, 0.1) is 0 Å². The van der Waals surface area contributed by atoms with Crippen molar-refractivity contribution in [2.45, 2.75) is 6.42 Å². The number of aliphatic imine (C=N–C) groups is 1. The molecule has 0 saturated heterocycles. The van der Waals surface area contributed by atoms with Gasteiger partial charge in [-0.05, 0) is 12.1 Å². The average Bonchev–Trinajstić information content (AvgIpc) is 2.28. The minimum atomic E-state index is 0.112. The number of rotatable bonds is 6. The van der Waals surface area contributed by atoms with Gasteiger partial charge >= 0.3 is 0 Å². The second-order valence-electron chi connectivity index (χ2n) is 3.19. The SMILES string of the molecule is COc1cccc(OCCCN=C(N)N)c1. The first-order valence-corrected chi connectivity index (χ1v) is 5.04. The number of hydrogen-bond donors (Lipinski definition) is 2. The fourth-order valence-electron chi connectivity index (χ4n) is 1.15. The van der Waals surface area contributed by atoms with Gasteiger partial charge in [-0.2, -0.15) is 0 Å². The van der Waals surface area contributed by atoms with Crippen LogP contribution in [0.15, 0.2) is 29.3 Å². The van der Waals surface area contributed by atoms with Gasteiger partial charge in [-0.25, -0.2) is 0 Å². The molecule has 1 rings (SSSR count). The van der Waals surface area contributed by atoms with Gasteiger partial charge in [-0.15, -0.1) is 0 Å². The Bertz CT molecular complexity index is 349. The van der Waals surface area contributed by atoms with E-state index in [2.05, 4.69) is 4.99 Å². The number of guanidine groups is 1. The zero-order chi connectivity index (χ0) is 11.8. The predicted octanol–water partition coefficient (Wildman–Crippen LogP) is 0.738. The first-order valence-electron chi connectivity index (χ1n) is 5.04. The number of hydrogen-bond acceptors (Lipinski definition) is 3. The first kappa shape index (κ1) is 12.2. The summed E-state index contributed by atoms with van der Waals surface area (Å²) in [5, 5.41) is 0. The molecule has 1 aromatic carbocycles. The molecule has 16 heavy (non-hydrogen) atoms. The molecule has 0 fully saturated rings. The van der Waals surface area contributed by atoms with Gasteiger partial charge in [0.1, 0.15) is 11.5 Å². The van der Waals surface area contributed by atoms with Crippen molar-refractivity contribution in [1.29, 1.82) is 0 Å². The third-order valence-electron chi connectivity index (χ3n) is 1.91. The molecule has 0 atom stereocenters. The fourth-order valence-corrected chi connectivity index (χ4v) is 1.15. The number of benzene rings is 1. The van der Waals surface area contributed by atoms with Crippen molar-refractivity contribution in [3.63, 3.8) is 0 Å². The van der Waals surface area contributed by atoms with Gasteiger partial charge < -0.3 is 20.9 Å². The standard InChI is InChI=1S/C11H17N3O2/c1-15-9-4-2-5-10(8-9)16-7-3-6-14-11(12)13/h2,4-5,8H,3,6-7H2,1H3,(H4,12,13,14). The van der Waals surface area contributed by atoms with Gasteiger partial charge in [0.25, 0.3) is 0 Å². The molecule has 0 aliphatic carbocycles. The zero-order valence-electron chi connectivity index (χ0n) is 9.35. The third kappa shape index (κ3) is 4.54. The van der Waals surface area contributed by atoms with Crippen LogP contribution in [0.25, 0.3) is 0 Å². The molecule has 88 valence electrons. The van der Waals surface area contributed by atoms with Gasteiger partial charge in [-0.1, -0.05) is 6.07 Å². The summed E-state index contributed by atoms with van der Waals surface area (Å²) in [7, 11) is 1.62. The van der Waals surface area contributed by atoms with Gasteiger partial charge in [0.15, 0.2) is 5.96 Å². The smallest absolute Gasteiger partial charge is 0.185 e. The zero-order valence-corrected chi connectivity index (χ0v) is 9.35. The van der Waals surface area contributed by atoms with Crippen LogP contribution in [0.2, 0.25) is 0 Å². The summed E-state index contributed by atoms with van der Waals surface area (Å²) in [6.45, 7) is 1.15. The molecule has 0 aromatic heterocycles. The van der Waals surface area contributed by atoms with E-state index in [4.69, 9.17) is 20.9 Å². The van der Waals surface area contributed by atoms with E-state index in [1.807, 2.05) is 24.3 Å². The number of nitrogens with two attached hydrogens (primary N) is 2. The summed E-state index contributed by atoms with van der Waals surface area (Å²) in [6.07, 6.45) is 0.773. The average molecular weight is 223 g/mol. The van der Waals surface area contributed by atoms with Crippen molar-refractivity contribution < 1.29 is 9.47 Å². The molecule has 0 saturated carbocycles. The molecule has 5 heteroatoms. The van der Waals surface area contributed by atoms with E-state index in [-0.39, 0.29) is 5.96 Å². The van der Waals surface area contributed by atoms with E-state index in [9.17, 15) is 0 Å². The molecule has 1 aromatic rings. The maximum Gasteiger partial charge on any atom is 0.185 e. The number of ether oxygens (including phenoxy) is 2. The quantitative estimate of drug-likeness (QED) is 0.423. The molecule has 0 aliphatic heterocycles. The summed E-state index contributed by atoms with van der Waals surface area (Å²) in [4.78, 5) is 3.86. The Hall–Kier alpha value is -1.91. The van der Waals surface area contributed by atoms with E-state index >= 15 is 0 Å². The molecule has 0 aliphatic rings. The summed E-state index contributed by atoms with van der Waals surface area (Å²) in [6, 6.07) is 7.46. The second kappa shape index (κ2) is 6.55. The van der Waals surface area contributed by atoms with Crippen molar-refractivity contribution >= 4 is 5.96 Å². The number of nitrogens with zero attached hydrogens (tertiary/aromatic N) is 1. The van der Waals surface area contributed by atoms with Crippen molar-refractivity contribution in [2.75, 3.05) is 20.3 Å². The maximum atomic E-state index is 5.50. The molecule has 0 bridgehead atoms. The minimum absolute atomic E-state index is 0.112. The summed E-state index contributed by atoms with van der Waals surface area (Å²) in [5.74, 6) is 1.67. The van der Waals surface area contributed by atoms with Crippen molar-refractivity contribution in [3.8, 4) is 11.5 Å². The Balaban J connectivity index is 2.29. The van der Waals surface area contributed by atoms with E-state index in [0.717, 1.165) is 17.9 Å². The van der Waals surface area contributed by atoms with E-state index < -0.39 is 0 Å². The highest BCUT2D eigenvalue weighted by molar-refractivity contribution is 5.75. The van der Waals surface area contributed by atoms with E-state index in [0.29, 0.717) is 13.2 Å². The lowest BCUT2D eigenvalue weighted by Crippen LogP contribution is -2.23. The highest BCUT2D eigenvalue weighted by atomic mass is 16.5. The predicted molar refractivity (Wildman–Crippen MR) is 63.8 cm³/mol. The molecule has 0 radical (unpaired) electrons. The van der Waals surface area contributed by atoms with Gasteiger partial charge in [0.2, 0.25) is 0 Å². The normalized spacial score (nSPS) is 9.56. The van der Waals surface area contributed by atoms with Crippen LogP contribution < -0.4 is 20.9 Å². The summed E-state index contributed by atoms with van der Waals surface area (Å²) in [5.41, 5.74) is 10.4. The van der Waals surface area contributed by atoms with Crippen molar-refractivity contribution in [3.05, 3.63) is 24.3 Å². The van der Waals surface area contributed by atoms with E-state index in [1.165, 1.54) is 0 Å². The molecule has 4 N–H and O–H groups in total. The lowest BCUT2D eigenvalue weighted by Gasteiger charge is -2.06. The summed E-state index contributed by atoms with van der Waals surface area (Å²) >= 11 is 0. The maximum absolute atomic E-state index is 5.50. The second-order valence-corrected chi connectivity index (χ2v) is 3.19. The van der Waals surface area contributed by atoms with Gasteiger partial charge in [0, 0.05) is 19.0 Å². The molecular weight excluding hydrogens is 206 g/mol. The topological polar surface area (TPSA) is 82.9 Å². The van der Waals surface area contributed by atoms with Gasteiger partial charge in [0.05, 0.1) is 13.7 Å². The van der Waals surface area contributed by atoms with Gasteiger partial charge in [-0.3, -0.25) is 4.99 Å². The third-order valence-corrected chi connectivity index (χ3v) is 1.91. The Kier molecular flexibility index (Phi) is 4.98. The molecule has 0 spiro atoms. The highest BCUT2D eigenvalue weighted by Crippen LogP contribution is 2.18. The van der Waals surface area contributed by atoms with Crippen molar-refractivity contribution in [1.82, 2.24) is 0 Å². The lowest BCUT2D eigenvalue weighted by molar-refractivity contribution is 0.311. The molecular formula is C11H17N3O2. The molecule has 0 heterocycles. The Labute approximate surface area is 95.1 Å². The fraction of sp³-hybridized carbons (Fsp3) is 0.364. The largest absolute Gasteiger partial charge is 0.497 e. The van der Waals surface area contributed by atoms with Crippen LogP contribution in [0.5, 0.6) is 11.5 Å².